The van der Waals surface area contributed by atoms with Crippen LogP contribution >= 0.6 is 34.7 Å². The Morgan fingerprint density at radius 1 is 1.35 bits per heavy atom. The van der Waals surface area contributed by atoms with Gasteiger partial charge in [-0.05, 0) is 31.0 Å². The molecule has 2 aromatic rings. The van der Waals surface area contributed by atoms with Crippen LogP contribution in [0.25, 0.3) is 0 Å². The highest BCUT2D eigenvalue weighted by Crippen LogP contribution is 2.30. The number of nitrogens with zero attached hydrogens (tertiary/aromatic N) is 2. The van der Waals surface area contributed by atoms with Gasteiger partial charge in [0, 0.05) is 11.1 Å². The van der Waals surface area contributed by atoms with Crippen LogP contribution < -0.4 is 15.4 Å². The van der Waals surface area contributed by atoms with Gasteiger partial charge < -0.3 is 15.4 Å². The van der Waals surface area contributed by atoms with Gasteiger partial charge in [0.1, 0.15) is 5.75 Å². The van der Waals surface area contributed by atoms with Gasteiger partial charge in [-0.2, -0.15) is 0 Å². The summed E-state index contributed by atoms with van der Waals surface area (Å²) in [5.41, 5.74) is 0.558. The molecular formula is C17H21ClN4O2S2. The summed E-state index contributed by atoms with van der Waals surface area (Å²) in [6.07, 6.45) is 6.23. The number of hydrogen-bond donors (Lipinski definition) is 2. The first-order valence-electron chi connectivity index (χ1n) is 8.50. The minimum absolute atomic E-state index is 0.146. The average molecular weight is 413 g/mol. The predicted octanol–water partition coefficient (Wildman–Crippen LogP) is 4.68. The van der Waals surface area contributed by atoms with Crippen molar-refractivity contribution in [3.8, 4) is 5.75 Å². The second-order valence-electron chi connectivity index (χ2n) is 6.03. The summed E-state index contributed by atoms with van der Waals surface area (Å²) in [6, 6.07) is 5.60. The zero-order valence-corrected chi connectivity index (χ0v) is 16.8. The molecular weight excluding hydrogens is 392 g/mol. The molecule has 9 heteroatoms. The van der Waals surface area contributed by atoms with E-state index in [1.807, 2.05) is 0 Å². The van der Waals surface area contributed by atoms with Crippen LogP contribution in [0.1, 0.15) is 32.1 Å². The molecule has 1 saturated carbocycles. The fourth-order valence-corrected chi connectivity index (χ4v) is 4.64. The smallest absolute Gasteiger partial charge is 0.234 e. The van der Waals surface area contributed by atoms with Gasteiger partial charge in [-0.15, -0.1) is 10.2 Å². The van der Waals surface area contributed by atoms with Crippen LogP contribution in [-0.4, -0.2) is 35.0 Å². The Labute approximate surface area is 166 Å². The highest BCUT2D eigenvalue weighted by atomic mass is 35.5. The van der Waals surface area contributed by atoms with Crippen molar-refractivity contribution in [3.05, 3.63) is 23.2 Å². The summed E-state index contributed by atoms with van der Waals surface area (Å²) in [5, 5.41) is 16.0. The van der Waals surface area contributed by atoms with Crippen molar-refractivity contribution in [2.75, 3.05) is 23.5 Å². The summed E-state index contributed by atoms with van der Waals surface area (Å²) in [5.74, 6) is 0.670. The molecule has 3 rings (SSSR count). The molecule has 1 amide bonds. The molecule has 0 bridgehead atoms. The molecule has 1 aromatic heterocycles. The summed E-state index contributed by atoms with van der Waals surface area (Å²) < 4.78 is 6.01. The van der Waals surface area contributed by atoms with Crippen molar-refractivity contribution < 1.29 is 9.53 Å². The predicted molar refractivity (Wildman–Crippen MR) is 108 cm³/mol. The van der Waals surface area contributed by atoms with Crippen molar-refractivity contribution in [2.24, 2.45) is 0 Å². The Balaban J connectivity index is 1.49. The molecule has 0 aliphatic heterocycles. The lowest BCUT2D eigenvalue weighted by atomic mass is 9.96. The van der Waals surface area contributed by atoms with Gasteiger partial charge in [-0.1, -0.05) is 54.0 Å². The minimum Gasteiger partial charge on any atom is -0.495 e. The molecule has 0 saturated heterocycles. The van der Waals surface area contributed by atoms with Crippen LogP contribution in [0.2, 0.25) is 5.02 Å². The zero-order chi connectivity index (χ0) is 18.4. The largest absolute Gasteiger partial charge is 0.495 e. The number of aromatic nitrogens is 2. The number of ether oxygens (including phenoxy) is 1. The van der Waals surface area contributed by atoms with Gasteiger partial charge in [0.05, 0.1) is 18.6 Å². The summed E-state index contributed by atoms with van der Waals surface area (Å²) in [6.45, 7) is 0. The molecule has 2 N–H and O–H groups in total. The number of hydrogen-bond acceptors (Lipinski definition) is 7. The standard InChI is InChI=1S/C17H21ClN4O2S2/c1-24-14-8-7-11(18)9-13(14)20-15(23)10-25-17-22-21-16(26-17)19-12-5-3-2-4-6-12/h7-9,12H,2-6,10H2,1H3,(H,19,21)(H,20,23). The van der Waals surface area contributed by atoms with E-state index in [4.69, 9.17) is 16.3 Å². The van der Waals surface area contributed by atoms with E-state index in [1.165, 1.54) is 55.2 Å². The fraction of sp³-hybridized carbons (Fsp3) is 0.471. The van der Waals surface area contributed by atoms with Crippen LogP contribution in [0.3, 0.4) is 0 Å². The molecule has 1 heterocycles. The molecule has 1 aromatic carbocycles. The number of rotatable bonds is 7. The second kappa shape index (κ2) is 9.43. The molecule has 0 atom stereocenters. The molecule has 1 fully saturated rings. The molecule has 6 nitrogen and oxygen atoms in total. The highest BCUT2D eigenvalue weighted by Gasteiger charge is 2.16. The number of anilines is 2. The van der Waals surface area contributed by atoms with Crippen molar-refractivity contribution >= 4 is 51.4 Å². The highest BCUT2D eigenvalue weighted by molar-refractivity contribution is 8.01. The maximum atomic E-state index is 12.2. The van der Waals surface area contributed by atoms with E-state index in [0.717, 1.165) is 9.47 Å². The van der Waals surface area contributed by atoms with Crippen LogP contribution in [0, 0.1) is 0 Å². The lowest BCUT2D eigenvalue weighted by molar-refractivity contribution is -0.113. The number of carbonyl (C=O) groups is 1. The molecule has 140 valence electrons. The van der Waals surface area contributed by atoms with E-state index in [1.54, 1.807) is 25.3 Å². The number of amides is 1. The third-order valence-electron chi connectivity index (χ3n) is 4.10. The van der Waals surface area contributed by atoms with E-state index in [-0.39, 0.29) is 11.7 Å². The van der Waals surface area contributed by atoms with E-state index >= 15 is 0 Å². The molecule has 0 unspecified atom stereocenters. The Morgan fingerprint density at radius 3 is 2.92 bits per heavy atom. The number of carbonyl (C=O) groups excluding carboxylic acids is 1. The van der Waals surface area contributed by atoms with Gasteiger partial charge in [0.15, 0.2) is 4.34 Å². The Kier molecular flexibility index (Phi) is 6.99. The fourth-order valence-electron chi connectivity index (χ4n) is 2.84. The molecule has 26 heavy (non-hydrogen) atoms. The number of halogens is 1. The maximum Gasteiger partial charge on any atom is 0.234 e. The second-order valence-corrected chi connectivity index (χ2v) is 8.67. The molecule has 1 aliphatic rings. The van der Waals surface area contributed by atoms with Crippen LogP contribution in [0.15, 0.2) is 22.5 Å². The van der Waals surface area contributed by atoms with E-state index in [0.29, 0.717) is 22.5 Å². The summed E-state index contributed by atoms with van der Waals surface area (Å²) >= 11 is 8.83. The first-order valence-corrected chi connectivity index (χ1v) is 10.7. The maximum absolute atomic E-state index is 12.2. The van der Waals surface area contributed by atoms with Crippen molar-refractivity contribution in [2.45, 2.75) is 42.5 Å². The van der Waals surface area contributed by atoms with Gasteiger partial charge >= 0.3 is 0 Å². The lowest BCUT2D eigenvalue weighted by Gasteiger charge is -2.21. The van der Waals surface area contributed by atoms with Gasteiger partial charge in [-0.3, -0.25) is 4.79 Å². The van der Waals surface area contributed by atoms with Crippen LogP contribution in [0.4, 0.5) is 10.8 Å². The van der Waals surface area contributed by atoms with E-state index in [9.17, 15) is 4.79 Å². The Hall–Kier alpha value is -1.51. The molecule has 1 aliphatic carbocycles. The summed E-state index contributed by atoms with van der Waals surface area (Å²) in [7, 11) is 1.55. The van der Waals surface area contributed by atoms with Gasteiger partial charge in [0.25, 0.3) is 0 Å². The normalized spacial score (nSPS) is 14.8. The topological polar surface area (TPSA) is 76.1 Å². The van der Waals surface area contributed by atoms with Crippen LogP contribution in [-0.2, 0) is 4.79 Å². The third kappa shape index (κ3) is 5.49. The number of benzene rings is 1. The van der Waals surface area contributed by atoms with Crippen molar-refractivity contribution in [3.63, 3.8) is 0 Å². The monoisotopic (exact) mass is 412 g/mol. The quantitative estimate of drug-likeness (QED) is 0.643. The Morgan fingerprint density at radius 2 is 2.15 bits per heavy atom. The number of thioether (sulfide) groups is 1. The number of methoxy groups -OCH3 is 1. The SMILES string of the molecule is COc1ccc(Cl)cc1NC(=O)CSc1nnc(NC2CCCCC2)s1. The first-order chi connectivity index (χ1) is 12.6. The summed E-state index contributed by atoms with van der Waals surface area (Å²) in [4.78, 5) is 12.2. The van der Waals surface area contributed by atoms with Gasteiger partial charge in [0.2, 0.25) is 11.0 Å². The minimum atomic E-state index is -0.146. The zero-order valence-electron chi connectivity index (χ0n) is 14.5. The van der Waals surface area contributed by atoms with E-state index < -0.39 is 0 Å². The number of nitrogens with one attached hydrogen (secondary N) is 2. The Bertz CT molecular complexity index is 750. The first kappa shape index (κ1) is 19.3. The molecule has 0 radical (unpaired) electrons. The molecule has 0 spiro atoms. The van der Waals surface area contributed by atoms with Crippen molar-refractivity contribution in [1.29, 1.82) is 0 Å². The third-order valence-corrected chi connectivity index (χ3v) is 6.32. The van der Waals surface area contributed by atoms with Crippen molar-refractivity contribution in [1.82, 2.24) is 10.2 Å². The van der Waals surface area contributed by atoms with Gasteiger partial charge in [-0.25, -0.2) is 0 Å². The van der Waals surface area contributed by atoms with Crippen LogP contribution in [0.5, 0.6) is 5.75 Å². The lowest BCUT2D eigenvalue weighted by Crippen LogP contribution is -2.21. The average Bonchev–Trinajstić information content (AvgIpc) is 3.08. The van der Waals surface area contributed by atoms with E-state index in [2.05, 4.69) is 20.8 Å².